The van der Waals surface area contributed by atoms with Gasteiger partial charge in [-0.1, -0.05) is 6.42 Å². The number of nitrogens with one attached hydrogen (secondary N) is 1. The van der Waals surface area contributed by atoms with E-state index < -0.39 is 0 Å². The molecule has 0 bridgehead atoms. The number of benzene rings is 1. The topological polar surface area (TPSA) is 103 Å². The number of pyridine rings is 2. The number of nitrogens with zero attached hydrogens (tertiary/aromatic N) is 4. The minimum absolute atomic E-state index is 0.0564. The second kappa shape index (κ2) is 9.02. The number of aliphatic hydroxyl groups excluding tert-OH is 1. The molecule has 2 N–H and O–H groups in total. The molecule has 1 aromatic carbocycles. The molecule has 5 heterocycles. The number of hydrogen-bond donors (Lipinski definition) is 2. The van der Waals surface area contributed by atoms with Gasteiger partial charge >= 0.3 is 0 Å². The zero-order valence-corrected chi connectivity index (χ0v) is 19.1. The van der Waals surface area contributed by atoms with E-state index in [1.54, 1.807) is 19.5 Å². The summed E-state index contributed by atoms with van der Waals surface area (Å²) in [6, 6.07) is 8.91. The summed E-state index contributed by atoms with van der Waals surface area (Å²) in [5.41, 5.74) is 4.48. The van der Waals surface area contributed by atoms with Gasteiger partial charge in [-0.15, -0.1) is 10.2 Å². The number of methoxy groups -OCH3 is 1. The Morgan fingerprint density at radius 2 is 1.97 bits per heavy atom. The van der Waals surface area contributed by atoms with Crippen molar-refractivity contribution in [3.8, 4) is 41.0 Å². The van der Waals surface area contributed by atoms with Gasteiger partial charge in [-0.25, -0.2) is 9.37 Å². The standard InChI is InChI=1S/C23H20FN5O3.C2H2O/c1-12-3-4-14(23(27-12)30-2)15-7-19-22(29-11-26-28-21(15)29)25-8-16-17(24)5-6-18-20(16)13(9-31-18)10-32-19;1-2-3/h3-7,11,13,25H,8-10H2,1-2H3;1,3H/t13-;/m1./s1. The number of terminal acetylenes is 1. The predicted molar refractivity (Wildman–Crippen MR) is 126 cm³/mol. The molecular weight excluding hydrogens is 453 g/mol. The zero-order valence-electron chi connectivity index (χ0n) is 19.1. The highest BCUT2D eigenvalue weighted by Crippen LogP contribution is 2.42. The van der Waals surface area contributed by atoms with Crippen LogP contribution in [0, 0.1) is 25.3 Å². The van der Waals surface area contributed by atoms with Gasteiger partial charge in [0.05, 0.1) is 26.2 Å². The van der Waals surface area contributed by atoms with Crippen LogP contribution in [0.3, 0.4) is 0 Å². The molecule has 3 aromatic heterocycles. The van der Waals surface area contributed by atoms with Gasteiger partial charge in [0.1, 0.15) is 24.0 Å². The number of hydrogen-bond acceptors (Lipinski definition) is 8. The number of anilines is 1. The lowest BCUT2D eigenvalue weighted by Crippen LogP contribution is -2.13. The third-order valence-corrected chi connectivity index (χ3v) is 6.00. The number of ether oxygens (including phenoxy) is 3. The van der Waals surface area contributed by atoms with E-state index in [0.717, 1.165) is 22.4 Å². The lowest BCUT2D eigenvalue weighted by molar-refractivity contribution is 0.249. The molecule has 0 fully saturated rings. The molecule has 0 saturated carbocycles. The normalized spacial score (nSPS) is 15.4. The molecule has 0 aliphatic carbocycles. The monoisotopic (exact) mass is 475 g/mol. The fourth-order valence-electron chi connectivity index (χ4n) is 4.48. The van der Waals surface area contributed by atoms with Gasteiger partial charge in [0.15, 0.2) is 17.2 Å². The number of aryl methyl sites for hydroxylation is 1. The Morgan fingerprint density at radius 3 is 2.74 bits per heavy atom. The Bertz CT molecular complexity index is 1460. The van der Waals surface area contributed by atoms with Gasteiger partial charge in [-0.2, -0.15) is 0 Å². The molecule has 0 radical (unpaired) electrons. The van der Waals surface area contributed by atoms with Crippen LogP contribution in [-0.4, -0.2) is 45.0 Å². The second-order valence-corrected chi connectivity index (χ2v) is 8.04. The number of aromatic nitrogens is 4. The van der Waals surface area contributed by atoms with Crippen molar-refractivity contribution < 1.29 is 23.7 Å². The van der Waals surface area contributed by atoms with Crippen LogP contribution in [0.5, 0.6) is 17.4 Å². The van der Waals surface area contributed by atoms with E-state index in [-0.39, 0.29) is 18.3 Å². The van der Waals surface area contributed by atoms with E-state index in [0.29, 0.717) is 47.6 Å². The summed E-state index contributed by atoms with van der Waals surface area (Å²) in [5, 5.41) is 18.9. The fourth-order valence-corrected chi connectivity index (χ4v) is 4.48. The largest absolute Gasteiger partial charge is 0.493 e. The van der Waals surface area contributed by atoms with Crippen LogP contribution >= 0.6 is 0 Å². The van der Waals surface area contributed by atoms with Crippen molar-refractivity contribution in [2.75, 3.05) is 25.6 Å². The highest BCUT2D eigenvalue weighted by atomic mass is 19.1. The molecule has 0 saturated heterocycles. The molecule has 0 spiro atoms. The van der Waals surface area contributed by atoms with Crippen molar-refractivity contribution in [2.45, 2.75) is 19.4 Å². The van der Waals surface area contributed by atoms with Crippen molar-refractivity contribution in [3.05, 3.63) is 59.3 Å². The van der Waals surface area contributed by atoms with E-state index in [4.69, 9.17) is 19.3 Å². The summed E-state index contributed by atoms with van der Waals surface area (Å²) in [7, 11) is 1.59. The van der Waals surface area contributed by atoms with E-state index in [2.05, 4.69) is 26.9 Å². The summed E-state index contributed by atoms with van der Waals surface area (Å²) in [4.78, 5) is 4.49. The average Bonchev–Trinajstić information content (AvgIpc) is 3.51. The molecule has 4 aromatic rings. The van der Waals surface area contributed by atoms with Crippen molar-refractivity contribution in [3.63, 3.8) is 0 Å². The number of halogens is 1. The quantitative estimate of drug-likeness (QED) is 0.424. The average molecular weight is 475 g/mol. The molecule has 0 amide bonds. The Balaban J connectivity index is 0.000000806. The van der Waals surface area contributed by atoms with Gasteiger partial charge in [0.25, 0.3) is 0 Å². The second-order valence-electron chi connectivity index (χ2n) is 8.04. The first-order valence-electron chi connectivity index (χ1n) is 10.8. The summed E-state index contributed by atoms with van der Waals surface area (Å²) in [6.07, 6.45) is 7.01. The SMILES string of the molecule is C#CO.COc1nc(C)ccc1-c1cc2c(n3cnnc13)NCc1c(F)ccc3c1[C@H](CO3)CO2. The Kier molecular flexibility index (Phi) is 5.74. The van der Waals surface area contributed by atoms with Crippen molar-refractivity contribution in [1.29, 1.82) is 0 Å². The first-order chi connectivity index (χ1) is 17.0. The van der Waals surface area contributed by atoms with Crippen LogP contribution < -0.4 is 19.5 Å². The van der Waals surface area contributed by atoms with Crippen LogP contribution in [0.15, 0.2) is 36.7 Å². The molecule has 6 rings (SSSR count). The summed E-state index contributed by atoms with van der Waals surface area (Å²) < 4.78 is 34.1. The molecule has 2 aliphatic heterocycles. The zero-order chi connectivity index (χ0) is 24.5. The highest BCUT2D eigenvalue weighted by Gasteiger charge is 2.31. The van der Waals surface area contributed by atoms with Crippen LogP contribution in [0.1, 0.15) is 22.7 Å². The van der Waals surface area contributed by atoms with Gasteiger partial charge in [0, 0.05) is 34.5 Å². The maximum absolute atomic E-state index is 14.7. The molecule has 9 nitrogen and oxygen atoms in total. The maximum Gasteiger partial charge on any atom is 0.221 e. The third-order valence-electron chi connectivity index (χ3n) is 6.00. The fraction of sp³-hybridized carbons (Fsp3) is 0.240. The summed E-state index contributed by atoms with van der Waals surface area (Å²) in [6.45, 7) is 3.01. The predicted octanol–water partition coefficient (Wildman–Crippen LogP) is 3.68. The van der Waals surface area contributed by atoms with Gasteiger partial charge in [-0.3, -0.25) is 4.40 Å². The molecule has 10 heteroatoms. The lowest BCUT2D eigenvalue weighted by atomic mass is 9.96. The number of aliphatic hydroxyl groups is 1. The highest BCUT2D eigenvalue weighted by molar-refractivity contribution is 5.84. The van der Waals surface area contributed by atoms with Crippen molar-refractivity contribution in [1.82, 2.24) is 19.6 Å². The van der Waals surface area contributed by atoms with Crippen molar-refractivity contribution in [2.24, 2.45) is 0 Å². The number of fused-ring (bicyclic) bond motifs is 3. The van der Waals surface area contributed by atoms with E-state index >= 15 is 0 Å². The summed E-state index contributed by atoms with van der Waals surface area (Å²) in [5.74, 6) is 2.16. The first-order valence-corrected chi connectivity index (χ1v) is 10.8. The molecular formula is C25H22FN5O4. The van der Waals surface area contributed by atoms with Crippen molar-refractivity contribution >= 4 is 11.5 Å². The first kappa shape index (κ1) is 22.3. The minimum Gasteiger partial charge on any atom is -0.493 e. The molecule has 35 heavy (non-hydrogen) atoms. The molecule has 1 atom stereocenters. The van der Waals surface area contributed by atoms with E-state index in [9.17, 15) is 4.39 Å². The van der Waals surface area contributed by atoms with Crippen LogP contribution in [-0.2, 0) is 6.54 Å². The smallest absolute Gasteiger partial charge is 0.221 e. The van der Waals surface area contributed by atoms with E-state index in [1.165, 1.54) is 12.2 Å². The maximum atomic E-state index is 14.7. The minimum atomic E-state index is -0.262. The molecule has 2 aliphatic rings. The van der Waals surface area contributed by atoms with Gasteiger partial charge in [0.2, 0.25) is 5.88 Å². The lowest BCUT2D eigenvalue weighted by Gasteiger charge is -2.17. The molecule has 178 valence electrons. The Labute approximate surface area is 200 Å². The Morgan fingerprint density at radius 1 is 1.20 bits per heavy atom. The Hall–Kier alpha value is -4.52. The van der Waals surface area contributed by atoms with Crippen LogP contribution in [0.25, 0.3) is 16.8 Å². The van der Waals surface area contributed by atoms with Gasteiger partial charge < -0.3 is 24.6 Å². The summed E-state index contributed by atoms with van der Waals surface area (Å²) >= 11 is 0. The number of rotatable bonds is 2. The van der Waals surface area contributed by atoms with E-state index in [1.807, 2.05) is 29.5 Å². The molecule has 0 unspecified atom stereocenters. The third kappa shape index (κ3) is 3.81. The van der Waals surface area contributed by atoms with Crippen LogP contribution in [0.4, 0.5) is 10.2 Å². The van der Waals surface area contributed by atoms with Crippen LogP contribution in [0.2, 0.25) is 0 Å². The van der Waals surface area contributed by atoms with Gasteiger partial charge in [-0.05, 0) is 37.3 Å².